The third kappa shape index (κ3) is 5.97. The standard InChI is InChI=1S/C43H40ClNO/c1-43(33-16-5-6-17-33,41-38-20-9-7-18-36(38)37-19-8-10-21-39(37)41)26-12-11-13-30-22-24-35(25-23-30)45-29-32-27-34(44)28-40(42(32)46)31-14-3-2-4-15-31/h5,7-10,16-25,27-29,31,41,46H,2-4,6,12,14-15,26H2,1H3/b45-29+. The number of halogens is 1. The Morgan fingerprint density at radius 3 is 2.26 bits per heavy atom. The van der Waals surface area contributed by atoms with E-state index in [1.807, 2.05) is 30.3 Å². The number of rotatable bonds is 7. The van der Waals surface area contributed by atoms with E-state index in [9.17, 15) is 5.11 Å². The molecule has 230 valence electrons. The first-order valence-electron chi connectivity index (χ1n) is 16.7. The summed E-state index contributed by atoms with van der Waals surface area (Å²) in [4.78, 5) is 4.66. The van der Waals surface area contributed by atoms with Crippen molar-refractivity contribution in [3.63, 3.8) is 0 Å². The van der Waals surface area contributed by atoms with Gasteiger partial charge in [0.1, 0.15) is 5.75 Å². The molecule has 0 radical (unpaired) electrons. The molecule has 2 nitrogen and oxygen atoms in total. The van der Waals surface area contributed by atoms with Crippen molar-refractivity contribution < 1.29 is 5.11 Å². The zero-order chi connectivity index (χ0) is 31.5. The van der Waals surface area contributed by atoms with E-state index < -0.39 is 0 Å². The van der Waals surface area contributed by atoms with Crippen molar-refractivity contribution in [1.29, 1.82) is 0 Å². The second-order valence-corrected chi connectivity index (χ2v) is 13.6. The molecule has 0 amide bonds. The zero-order valence-electron chi connectivity index (χ0n) is 26.5. The van der Waals surface area contributed by atoms with Crippen molar-refractivity contribution in [1.82, 2.24) is 0 Å². The maximum Gasteiger partial charge on any atom is 0.127 e. The molecule has 0 heterocycles. The molecule has 4 aromatic carbocycles. The van der Waals surface area contributed by atoms with Gasteiger partial charge in [-0.3, -0.25) is 4.99 Å². The summed E-state index contributed by atoms with van der Waals surface area (Å²) in [6.45, 7) is 2.43. The highest BCUT2D eigenvalue weighted by atomic mass is 35.5. The molecule has 4 aromatic rings. The van der Waals surface area contributed by atoms with Gasteiger partial charge < -0.3 is 5.11 Å². The van der Waals surface area contributed by atoms with E-state index in [4.69, 9.17) is 11.6 Å². The summed E-state index contributed by atoms with van der Waals surface area (Å²) in [5.41, 5.74) is 10.3. The number of hydrogen-bond acceptors (Lipinski definition) is 2. The topological polar surface area (TPSA) is 32.6 Å². The quantitative estimate of drug-likeness (QED) is 0.162. The first-order chi connectivity index (χ1) is 22.5. The number of hydrogen-bond donors (Lipinski definition) is 1. The van der Waals surface area contributed by atoms with Crippen molar-refractivity contribution in [2.75, 3.05) is 0 Å². The van der Waals surface area contributed by atoms with Crippen LogP contribution in [0.3, 0.4) is 0 Å². The van der Waals surface area contributed by atoms with Crippen LogP contribution < -0.4 is 0 Å². The SMILES string of the molecule is CC(CCC#Cc1ccc(/N=C/c2cc(Cl)cc(C3CCCCC3)c2O)cc1)(C1=CCC=C1)C1c2ccccc2-c2ccccc21. The monoisotopic (exact) mass is 621 g/mol. The number of nitrogens with zero attached hydrogens (tertiary/aromatic N) is 1. The molecule has 1 saturated carbocycles. The molecule has 0 aliphatic heterocycles. The molecule has 1 fully saturated rings. The number of allylic oxidation sites excluding steroid dienone is 4. The number of fused-ring (bicyclic) bond motifs is 3. The van der Waals surface area contributed by atoms with Crippen LogP contribution in [-0.4, -0.2) is 11.3 Å². The van der Waals surface area contributed by atoms with Crippen molar-refractivity contribution in [2.45, 2.75) is 70.1 Å². The summed E-state index contributed by atoms with van der Waals surface area (Å²) in [7, 11) is 0. The highest BCUT2D eigenvalue weighted by molar-refractivity contribution is 6.31. The molecular weight excluding hydrogens is 582 g/mol. The first kappa shape index (κ1) is 30.3. The Hall–Kier alpha value is -4.32. The maximum atomic E-state index is 11.0. The molecular formula is C43H40ClNO. The predicted octanol–water partition coefficient (Wildman–Crippen LogP) is 11.7. The van der Waals surface area contributed by atoms with Gasteiger partial charge in [0.2, 0.25) is 0 Å². The van der Waals surface area contributed by atoms with Crippen molar-refractivity contribution in [3.05, 3.63) is 142 Å². The molecule has 1 unspecified atom stereocenters. The van der Waals surface area contributed by atoms with Crippen molar-refractivity contribution >= 4 is 23.5 Å². The minimum atomic E-state index is -0.0638. The molecule has 1 atom stereocenters. The molecule has 46 heavy (non-hydrogen) atoms. The average molecular weight is 622 g/mol. The number of phenolic OH excluding ortho intramolecular Hbond substituents is 1. The van der Waals surface area contributed by atoms with Crippen molar-refractivity contribution in [2.24, 2.45) is 10.4 Å². The van der Waals surface area contributed by atoms with Crippen LogP contribution in [0.5, 0.6) is 5.75 Å². The Morgan fingerprint density at radius 1 is 0.891 bits per heavy atom. The third-order valence-corrected chi connectivity index (χ3v) is 10.5. The Kier molecular flexibility index (Phi) is 8.70. The molecule has 3 aliphatic rings. The van der Waals surface area contributed by atoms with Crippen LogP contribution in [0.15, 0.2) is 114 Å². The van der Waals surface area contributed by atoms with E-state index in [2.05, 4.69) is 90.5 Å². The number of phenols is 1. The van der Waals surface area contributed by atoms with Crippen LogP contribution in [0, 0.1) is 17.3 Å². The maximum absolute atomic E-state index is 11.0. The molecule has 1 N–H and O–H groups in total. The Morgan fingerprint density at radius 2 is 1.59 bits per heavy atom. The summed E-state index contributed by atoms with van der Waals surface area (Å²) in [6, 6.07) is 29.6. The predicted molar refractivity (Wildman–Crippen MR) is 192 cm³/mol. The fraction of sp³-hybridized carbons (Fsp3) is 0.279. The Labute approximate surface area is 278 Å². The van der Waals surface area contributed by atoms with E-state index in [0.717, 1.165) is 48.9 Å². The van der Waals surface area contributed by atoms with Crippen molar-refractivity contribution in [3.8, 4) is 28.7 Å². The van der Waals surface area contributed by atoms with Crippen LogP contribution in [0.1, 0.15) is 97.9 Å². The van der Waals surface area contributed by atoms with Gasteiger partial charge in [-0.05, 0) is 101 Å². The second-order valence-electron chi connectivity index (χ2n) is 13.2. The largest absolute Gasteiger partial charge is 0.507 e. The van der Waals surface area contributed by atoms with E-state index >= 15 is 0 Å². The lowest BCUT2D eigenvalue weighted by Crippen LogP contribution is -2.27. The third-order valence-electron chi connectivity index (χ3n) is 10.3. The van der Waals surface area contributed by atoms with Gasteiger partial charge in [-0.15, -0.1) is 0 Å². The van der Waals surface area contributed by atoms with Gasteiger partial charge in [0, 0.05) is 40.1 Å². The molecule has 0 spiro atoms. The van der Waals surface area contributed by atoms with Crippen LogP contribution in [-0.2, 0) is 0 Å². The van der Waals surface area contributed by atoms with Gasteiger partial charge in [0.25, 0.3) is 0 Å². The molecule has 0 bridgehead atoms. The molecule has 3 aliphatic carbocycles. The highest BCUT2D eigenvalue weighted by Gasteiger charge is 2.43. The molecule has 0 aromatic heterocycles. The Bertz CT molecular complexity index is 1850. The summed E-state index contributed by atoms with van der Waals surface area (Å²) < 4.78 is 0. The lowest BCUT2D eigenvalue weighted by atomic mass is 9.65. The van der Waals surface area contributed by atoms with E-state index in [1.165, 1.54) is 47.1 Å². The second kappa shape index (κ2) is 13.2. The van der Waals surface area contributed by atoms with Gasteiger partial charge in [-0.2, -0.15) is 0 Å². The summed E-state index contributed by atoms with van der Waals surface area (Å²) in [6.07, 6.45) is 17.4. The van der Waals surface area contributed by atoms with E-state index in [1.54, 1.807) is 12.3 Å². The van der Waals surface area contributed by atoms with Gasteiger partial charge in [0.05, 0.1) is 5.69 Å². The summed E-state index contributed by atoms with van der Waals surface area (Å²) in [5, 5.41) is 11.7. The van der Waals surface area contributed by atoms with Gasteiger partial charge >= 0.3 is 0 Å². The average Bonchev–Trinajstić information content (AvgIpc) is 3.76. The minimum absolute atomic E-state index is 0.0638. The van der Waals surface area contributed by atoms with E-state index in [-0.39, 0.29) is 5.41 Å². The zero-order valence-corrected chi connectivity index (χ0v) is 27.2. The highest BCUT2D eigenvalue weighted by Crippen LogP contribution is 2.57. The van der Waals surface area contributed by atoms with E-state index in [0.29, 0.717) is 28.2 Å². The molecule has 0 saturated heterocycles. The minimum Gasteiger partial charge on any atom is -0.507 e. The Balaban J connectivity index is 1.07. The smallest absolute Gasteiger partial charge is 0.127 e. The lowest BCUT2D eigenvalue weighted by Gasteiger charge is -2.38. The van der Waals surface area contributed by atoms with Gasteiger partial charge in [-0.25, -0.2) is 0 Å². The fourth-order valence-corrected chi connectivity index (χ4v) is 8.14. The molecule has 7 rings (SSSR count). The normalized spacial score (nSPS) is 17.3. The van der Waals surface area contributed by atoms with Gasteiger partial charge in [-0.1, -0.05) is 116 Å². The lowest BCUT2D eigenvalue weighted by molar-refractivity contribution is 0.335. The van der Waals surface area contributed by atoms with Crippen LogP contribution in [0.25, 0.3) is 11.1 Å². The fourth-order valence-electron chi connectivity index (χ4n) is 7.91. The number of benzene rings is 4. The summed E-state index contributed by atoms with van der Waals surface area (Å²) >= 11 is 6.46. The number of aliphatic imine (C=N–C) groups is 1. The first-order valence-corrected chi connectivity index (χ1v) is 17.1. The number of aromatic hydroxyl groups is 1. The van der Waals surface area contributed by atoms with Crippen LogP contribution in [0.4, 0.5) is 5.69 Å². The van der Waals surface area contributed by atoms with Gasteiger partial charge in [0.15, 0.2) is 0 Å². The summed E-state index contributed by atoms with van der Waals surface area (Å²) in [5.74, 6) is 7.87. The molecule has 3 heteroatoms. The van der Waals surface area contributed by atoms with Crippen LogP contribution >= 0.6 is 11.6 Å². The van der Waals surface area contributed by atoms with Crippen LogP contribution in [0.2, 0.25) is 5.02 Å².